The van der Waals surface area contributed by atoms with Crippen LogP contribution in [-0.4, -0.2) is 19.1 Å². The minimum atomic E-state index is -0.418. The maximum atomic E-state index is 11.4. The van der Waals surface area contributed by atoms with E-state index in [2.05, 4.69) is 17.0 Å². The lowest BCUT2D eigenvalue weighted by Crippen LogP contribution is -2.35. The summed E-state index contributed by atoms with van der Waals surface area (Å²) in [6.45, 7) is 2.09. The number of methoxy groups -OCH3 is 1. The first kappa shape index (κ1) is 12.7. The van der Waals surface area contributed by atoms with E-state index in [9.17, 15) is 4.79 Å². The number of furan rings is 1. The van der Waals surface area contributed by atoms with Crippen LogP contribution in [0.5, 0.6) is 0 Å². The van der Waals surface area contributed by atoms with Crippen molar-refractivity contribution in [2.75, 3.05) is 7.11 Å². The molecule has 2 aliphatic rings. The van der Waals surface area contributed by atoms with E-state index in [0.717, 1.165) is 17.6 Å². The van der Waals surface area contributed by atoms with Gasteiger partial charge in [0.25, 0.3) is 0 Å². The standard InChI is InChI=1S/C15H21NO3/c1-9(13-5-6-14(19-13)15(17)18-2)16-12-8-10-3-4-11(12)7-10/h5-6,9-12,16H,3-4,7-8H2,1-2H3. The molecule has 0 amide bonds. The van der Waals surface area contributed by atoms with Gasteiger partial charge in [0.15, 0.2) is 0 Å². The molecule has 4 unspecified atom stereocenters. The molecule has 0 radical (unpaired) electrons. The normalized spacial score (nSPS) is 30.5. The van der Waals surface area contributed by atoms with E-state index >= 15 is 0 Å². The Labute approximate surface area is 113 Å². The molecule has 3 rings (SSSR count). The summed E-state index contributed by atoms with van der Waals surface area (Å²) in [6, 6.07) is 4.29. The van der Waals surface area contributed by atoms with Crippen LogP contribution in [0.2, 0.25) is 0 Å². The Balaban J connectivity index is 1.62. The fourth-order valence-corrected chi connectivity index (χ4v) is 3.65. The average Bonchev–Trinajstić information content (AvgIpc) is 3.13. The third-order valence-corrected chi connectivity index (χ3v) is 4.64. The summed E-state index contributed by atoms with van der Waals surface area (Å²) in [4.78, 5) is 11.4. The lowest BCUT2D eigenvalue weighted by atomic mass is 9.94. The lowest BCUT2D eigenvalue weighted by Gasteiger charge is -2.25. The molecule has 4 nitrogen and oxygen atoms in total. The Bertz CT molecular complexity index is 468. The highest BCUT2D eigenvalue weighted by Gasteiger charge is 2.40. The number of nitrogens with one attached hydrogen (secondary N) is 1. The molecule has 1 aromatic heterocycles. The van der Waals surface area contributed by atoms with Crippen LogP contribution in [0.25, 0.3) is 0 Å². The van der Waals surface area contributed by atoms with Crippen molar-refractivity contribution in [3.63, 3.8) is 0 Å². The summed E-state index contributed by atoms with van der Waals surface area (Å²) in [5, 5.41) is 3.65. The van der Waals surface area contributed by atoms with Crippen LogP contribution in [0.3, 0.4) is 0 Å². The summed E-state index contributed by atoms with van der Waals surface area (Å²) in [5.74, 6) is 2.43. The molecule has 1 heterocycles. The number of carbonyl (C=O) groups excluding carboxylic acids is 1. The first-order valence-corrected chi connectivity index (χ1v) is 7.11. The second-order valence-corrected chi connectivity index (χ2v) is 5.86. The summed E-state index contributed by atoms with van der Waals surface area (Å²) in [6.07, 6.45) is 5.45. The minimum absolute atomic E-state index is 0.141. The predicted octanol–water partition coefficient (Wildman–Crippen LogP) is 2.91. The van der Waals surface area contributed by atoms with Crippen molar-refractivity contribution in [3.8, 4) is 0 Å². The van der Waals surface area contributed by atoms with Crippen molar-refractivity contribution < 1.29 is 13.9 Å². The predicted molar refractivity (Wildman–Crippen MR) is 70.8 cm³/mol. The van der Waals surface area contributed by atoms with Gasteiger partial charge in [0, 0.05) is 6.04 Å². The van der Waals surface area contributed by atoms with Crippen molar-refractivity contribution in [1.82, 2.24) is 5.32 Å². The number of carbonyl (C=O) groups is 1. The van der Waals surface area contributed by atoms with Crippen LogP contribution in [0.4, 0.5) is 0 Å². The van der Waals surface area contributed by atoms with Gasteiger partial charge in [0.05, 0.1) is 13.2 Å². The molecule has 0 aliphatic heterocycles. The minimum Gasteiger partial charge on any atom is -0.463 e. The SMILES string of the molecule is COC(=O)c1ccc(C(C)NC2CC3CCC2C3)o1. The first-order chi connectivity index (χ1) is 9.17. The van der Waals surface area contributed by atoms with E-state index in [4.69, 9.17) is 4.42 Å². The highest BCUT2D eigenvalue weighted by molar-refractivity contribution is 5.86. The van der Waals surface area contributed by atoms with Crippen LogP contribution < -0.4 is 5.32 Å². The van der Waals surface area contributed by atoms with Crippen molar-refractivity contribution >= 4 is 5.97 Å². The van der Waals surface area contributed by atoms with Crippen LogP contribution >= 0.6 is 0 Å². The number of hydrogen-bond donors (Lipinski definition) is 1. The van der Waals surface area contributed by atoms with Gasteiger partial charge in [0.1, 0.15) is 5.76 Å². The monoisotopic (exact) mass is 263 g/mol. The number of ether oxygens (including phenoxy) is 1. The van der Waals surface area contributed by atoms with Gasteiger partial charge < -0.3 is 14.5 Å². The van der Waals surface area contributed by atoms with Gasteiger partial charge in [-0.2, -0.15) is 0 Å². The molecule has 2 bridgehead atoms. The molecule has 1 N–H and O–H groups in total. The fourth-order valence-electron chi connectivity index (χ4n) is 3.65. The molecular formula is C15H21NO3. The second-order valence-electron chi connectivity index (χ2n) is 5.86. The molecule has 1 aromatic rings. The number of fused-ring (bicyclic) bond motifs is 2. The van der Waals surface area contributed by atoms with Crippen molar-refractivity contribution in [3.05, 3.63) is 23.7 Å². The molecular weight excluding hydrogens is 242 g/mol. The molecule has 4 atom stereocenters. The first-order valence-electron chi connectivity index (χ1n) is 7.11. The molecule has 104 valence electrons. The Morgan fingerprint density at radius 3 is 2.89 bits per heavy atom. The number of esters is 1. The quantitative estimate of drug-likeness (QED) is 0.849. The summed E-state index contributed by atoms with van der Waals surface area (Å²) in [5.41, 5.74) is 0. The van der Waals surface area contributed by atoms with Gasteiger partial charge in [-0.1, -0.05) is 6.42 Å². The van der Waals surface area contributed by atoms with Crippen LogP contribution in [0.15, 0.2) is 16.5 Å². The third-order valence-electron chi connectivity index (χ3n) is 4.64. The zero-order chi connectivity index (χ0) is 13.4. The van der Waals surface area contributed by atoms with E-state index in [0.29, 0.717) is 6.04 Å². The lowest BCUT2D eigenvalue weighted by molar-refractivity contribution is 0.0562. The fraction of sp³-hybridized carbons (Fsp3) is 0.667. The topological polar surface area (TPSA) is 51.5 Å². The zero-order valence-electron chi connectivity index (χ0n) is 11.5. The van der Waals surface area contributed by atoms with Crippen molar-refractivity contribution in [2.45, 2.75) is 44.7 Å². The van der Waals surface area contributed by atoms with Gasteiger partial charge in [0.2, 0.25) is 5.76 Å². The maximum absolute atomic E-state index is 11.4. The van der Waals surface area contributed by atoms with Crippen LogP contribution in [-0.2, 0) is 4.74 Å². The number of rotatable bonds is 4. The van der Waals surface area contributed by atoms with E-state index in [1.54, 1.807) is 6.07 Å². The third kappa shape index (κ3) is 2.41. The summed E-state index contributed by atoms with van der Waals surface area (Å²) in [7, 11) is 1.36. The average molecular weight is 263 g/mol. The smallest absolute Gasteiger partial charge is 0.373 e. The highest BCUT2D eigenvalue weighted by atomic mass is 16.5. The van der Waals surface area contributed by atoms with E-state index in [1.165, 1.54) is 32.8 Å². The molecule has 2 aliphatic carbocycles. The molecule has 2 saturated carbocycles. The van der Waals surface area contributed by atoms with Gasteiger partial charge in [-0.3, -0.25) is 0 Å². The molecule has 0 aromatic carbocycles. The van der Waals surface area contributed by atoms with E-state index in [-0.39, 0.29) is 11.8 Å². The molecule has 4 heteroatoms. The Kier molecular flexibility index (Phi) is 3.35. The van der Waals surface area contributed by atoms with Crippen LogP contribution in [0.1, 0.15) is 55.0 Å². The largest absolute Gasteiger partial charge is 0.463 e. The van der Waals surface area contributed by atoms with Gasteiger partial charge in [-0.15, -0.1) is 0 Å². The van der Waals surface area contributed by atoms with Crippen LogP contribution in [0, 0.1) is 11.8 Å². The maximum Gasteiger partial charge on any atom is 0.373 e. The molecule has 0 saturated heterocycles. The zero-order valence-corrected chi connectivity index (χ0v) is 11.5. The Morgan fingerprint density at radius 2 is 2.26 bits per heavy atom. The highest BCUT2D eigenvalue weighted by Crippen LogP contribution is 2.45. The van der Waals surface area contributed by atoms with Gasteiger partial charge in [-0.05, 0) is 50.2 Å². The van der Waals surface area contributed by atoms with E-state index in [1.807, 2.05) is 6.07 Å². The Morgan fingerprint density at radius 1 is 1.42 bits per heavy atom. The number of hydrogen-bond acceptors (Lipinski definition) is 4. The summed E-state index contributed by atoms with van der Waals surface area (Å²) >= 11 is 0. The molecule has 2 fully saturated rings. The van der Waals surface area contributed by atoms with Gasteiger partial charge >= 0.3 is 5.97 Å². The summed E-state index contributed by atoms with van der Waals surface area (Å²) < 4.78 is 10.2. The Hall–Kier alpha value is -1.29. The second kappa shape index (κ2) is 5.00. The molecule has 0 spiro atoms. The van der Waals surface area contributed by atoms with Gasteiger partial charge in [-0.25, -0.2) is 4.79 Å². The molecule has 19 heavy (non-hydrogen) atoms. The van der Waals surface area contributed by atoms with Crippen molar-refractivity contribution in [2.24, 2.45) is 11.8 Å². The van der Waals surface area contributed by atoms with E-state index < -0.39 is 5.97 Å². The van der Waals surface area contributed by atoms with Crippen molar-refractivity contribution in [1.29, 1.82) is 0 Å².